The van der Waals surface area contributed by atoms with Gasteiger partial charge in [0.25, 0.3) is 0 Å². The van der Waals surface area contributed by atoms with E-state index in [2.05, 4.69) is 47.1 Å². The predicted molar refractivity (Wildman–Crippen MR) is 76.9 cm³/mol. The summed E-state index contributed by atoms with van der Waals surface area (Å²) in [4.78, 5) is 8.43. The molecule has 0 saturated carbocycles. The van der Waals surface area contributed by atoms with Crippen LogP contribution >= 0.6 is 43.5 Å². The Kier molecular flexibility index (Phi) is 4.01. The maximum absolute atomic E-state index is 5.88. The van der Waals surface area contributed by atoms with E-state index in [1.807, 2.05) is 31.2 Å². The van der Waals surface area contributed by atoms with Gasteiger partial charge in [-0.3, -0.25) is 0 Å². The fraction of sp³-hybridized carbons (Fsp3) is 0.0909. The Morgan fingerprint density at radius 3 is 2.59 bits per heavy atom. The normalized spacial score (nSPS) is 10.4. The average molecular weight is 377 g/mol. The Balaban J connectivity index is 2.31. The lowest BCUT2D eigenvalue weighted by Crippen LogP contribution is -1.97. The van der Waals surface area contributed by atoms with E-state index < -0.39 is 0 Å². The van der Waals surface area contributed by atoms with Crippen molar-refractivity contribution in [3.63, 3.8) is 0 Å². The van der Waals surface area contributed by atoms with Crippen LogP contribution in [0, 0.1) is 6.92 Å². The highest BCUT2D eigenvalue weighted by Gasteiger charge is 2.04. The fourth-order valence-corrected chi connectivity index (χ4v) is 2.58. The summed E-state index contributed by atoms with van der Waals surface area (Å²) in [7, 11) is 0. The van der Waals surface area contributed by atoms with E-state index in [1.165, 1.54) is 0 Å². The Morgan fingerprint density at radius 2 is 1.94 bits per heavy atom. The fourth-order valence-electron chi connectivity index (χ4n) is 1.32. The van der Waals surface area contributed by atoms with Crippen molar-refractivity contribution in [1.82, 2.24) is 9.97 Å². The molecule has 17 heavy (non-hydrogen) atoms. The van der Waals surface area contributed by atoms with Crippen LogP contribution in [0.2, 0.25) is 5.02 Å². The van der Waals surface area contributed by atoms with E-state index >= 15 is 0 Å². The summed E-state index contributed by atoms with van der Waals surface area (Å²) in [5, 5.41) is 3.88. The van der Waals surface area contributed by atoms with Gasteiger partial charge in [0.1, 0.15) is 16.2 Å². The molecule has 3 nitrogen and oxygen atoms in total. The number of rotatable bonds is 2. The van der Waals surface area contributed by atoms with Crippen LogP contribution in [0.3, 0.4) is 0 Å². The zero-order valence-electron chi connectivity index (χ0n) is 8.84. The van der Waals surface area contributed by atoms with Crippen molar-refractivity contribution in [3.8, 4) is 0 Å². The van der Waals surface area contributed by atoms with Gasteiger partial charge in [-0.1, -0.05) is 11.6 Å². The number of anilines is 2. The van der Waals surface area contributed by atoms with Gasteiger partial charge in [0.05, 0.1) is 5.69 Å². The van der Waals surface area contributed by atoms with Crippen LogP contribution in [0.1, 0.15) is 5.82 Å². The van der Waals surface area contributed by atoms with Gasteiger partial charge in [0, 0.05) is 15.6 Å². The minimum Gasteiger partial charge on any atom is -0.339 e. The van der Waals surface area contributed by atoms with E-state index in [1.54, 1.807) is 0 Å². The molecule has 0 aliphatic heterocycles. The molecule has 0 unspecified atom stereocenters. The largest absolute Gasteiger partial charge is 0.339 e. The number of aromatic nitrogens is 2. The quantitative estimate of drug-likeness (QED) is 0.771. The molecule has 0 aliphatic carbocycles. The van der Waals surface area contributed by atoms with Crippen LogP contribution < -0.4 is 5.32 Å². The van der Waals surface area contributed by atoms with Gasteiger partial charge in [-0.25, -0.2) is 9.97 Å². The zero-order valence-corrected chi connectivity index (χ0v) is 12.8. The van der Waals surface area contributed by atoms with E-state index in [9.17, 15) is 0 Å². The molecule has 6 heteroatoms. The van der Waals surface area contributed by atoms with Gasteiger partial charge in [0.15, 0.2) is 0 Å². The second-order valence-corrected chi connectivity index (χ2v) is 5.48. The van der Waals surface area contributed by atoms with Crippen molar-refractivity contribution in [1.29, 1.82) is 0 Å². The number of hydrogen-bond donors (Lipinski definition) is 1. The number of halogens is 3. The molecule has 0 amide bonds. The van der Waals surface area contributed by atoms with E-state index in [0.717, 1.165) is 20.6 Å². The summed E-state index contributed by atoms with van der Waals surface area (Å²) < 4.78 is 1.63. The second kappa shape index (κ2) is 5.33. The zero-order chi connectivity index (χ0) is 12.4. The SMILES string of the molecule is Cc1nc(Br)cc(Nc2ccc(Cl)cc2Br)n1. The van der Waals surface area contributed by atoms with Gasteiger partial charge in [0.2, 0.25) is 0 Å². The molecule has 1 N–H and O–H groups in total. The molecule has 0 atom stereocenters. The van der Waals surface area contributed by atoms with Crippen molar-refractivity contribution in [2.75, 3.05) is 5.32 Å². The lowest BCUT2D eigenvalue weighted by atomic mass is 10.3. The first kappa shape index (κ1) is 12.8. The van der Waals surface area contributed by atoms with Crippen LogP contribution in [-0.2, 0) is 0 Å². The lowest BCUT2D eigenvalue weighted by Gasteiger charge is -2.08. The standard InChI is InChI=1S/C11H8Br2ClN3/c1-6-15-10(13)5-11(16-6)17-9-3-2-7(14)4-8(9)12/h2-5H,1H3,(H,15,16,17). The van der Waals surface area contributed by atoms with Crippen molar-refractivity contribution in [2.24, 2.45) is 0 Å². The molecule has 2 rings (SSSR count). The molecule has 1 aromatic heterocycles. The number of nitrogens with one attached hydrogen (secondary N) is 1. The topological polar surface area (TPSA) is 37.8 Å². The van der Waals surface area contributed by atoms with Crippen molar-refractivity contribution in [3.05, 3.63) is 44.2 Å². The van der Waals surface area contributed by atoms with Crippen LogP contribution in [0.5, 0.6) is 0 Å². The van der Waals surface area contributed by atoms with Gasteiger partial charge in [-0.2, -0.15) is 0 Å². The number of aryl methyl sites for hydroxylation is 1. The smallest absolute Gasteiger partial charge is 0.135 e. The summed E-state index contributed by atoms with van der Waals surface area (Å²) in [5.41, 5.74) is 0.902. The van der Waals surface area contributed by atoms with Gasteiger partial charge in [-0.15, -0.1) is 0 Å². The van der Waals surface area contributed by atoms with Gasteiger partial charge < -0.3 is 5.32 Å². The lowest BCUT2D eigenvalue weighted by molar-refractivity contribution is 1.04. The molecule has 0 aliphatic rings. The maximum Gasteiger partial charge on any atom is 0.135 e. The highest BCUT2D eigenvalue weighted by Crippen LogP contribution is 2.28. The molecule has 1 heterocycles. The third-order valence-corrected chi connectivity index (χ3v) is 3.30. The first-order valence-corrected chi connectivity index (χ1v) is 6.74. The van der Waals surface area contributed by atoms with E-state index in [-0.39, 0.29) is 0 Å². The molecule has 2 aromatic rings. The Bertz CT molecular complexity index is 540. The highest BCUT2D eigenvalue weighted by molar-refractivity contribution is 9.10. The summed E-state index contributed by atoms with van der Waals surface area (Å²) in [5.74, 6) is 1.43. The first-order chi connectivity index (χ1) is 8.04. The van der Waals surface area contributed by atoms with Crippen LogP contribution in [0.4, 0.5) is 11.5 Å². The second-order valence-electron chi connectivity index (χ2n) is 3.37. The Hall–Kier alpha value is -0.650. The van der Waals surface area contributed by atoms with Crippen LogP contribution in [0.25, 0.3) is 0 Å². The number of hydrogen-bond acceptors (Lipinski definition) is 3. The van der Waals surface area contributed by atoms with Gasteiger partial charge in [-0.05, 0) is 57.0 Å². The summed E-state index contributed by atoms with van der Waals surface area (Å²) in [6.07, 6.45) is 0. The van der Waals surface area contributed by atoms with Crippen molar-refractivity contribution >= 4 is 55.0 Å². The number of nitrogens with zero attached hydrogens (tertiary/aromatic N) is 2. The monoisotopic (exact) mass is 375 g/mol. The molecular formula is C11H8Br2ClN3. The molecule has 88 valence electrons. The third-order valence-electron chi connectivity index (χ3n) is 2.00. The van der Waals surface area contributed by atoms with Crippen molar-refractivity contribution in [2.45, 2.75) is 6.92 Å². The Labute approximate surface area is 121 Å². The van der Waals surface area contributed by atoms with E-state index in [0.29, 0.717) is 10.8 Å². The first-order valence-electron chi connectivity index (χ1n) is 4.78. The summed E-state index contributed by atoms with van der Waals surface area (Å²) >= 11 is 12.7. The van der Waals surface area contributed by atoms with Crippen LogP contribution in [-0.4, -0.2) is 9.97 Å². The molecule has 0 saturated heterocycles. The average Bonchev–Trinajstić information content (AvgIpc) is 2.21. The highest BCUT2D eigenvalue weighted by atomic mass is 79.9. The summed E-state index contributed by atoms with van der Waals surface area (Å²) in [6.45, 7) is 1.84. The van der Waals surface area contributed by atoms with Crippen molar-refractivity contribution < 1.29 is 0 Å². The predicted octanol–water partition coefficient (Wildman–Crippen LogP) is 4.71. The molecule has 0 fully saturated rings. The Morgan fingerprint density at radius 1 is 1.18 bits per heavy atom. The van der Waals surface area contributed by atoms with Crippen LogP contribution in [0.15, 0.2) is 33.3 Å². The summed E-state index contributed by atoms with van der Waals surface area (Å²) in [6, 6.07) is 7.34. The molecule has 0 radical (unpaired) electrons. The van der Waals surface area contributed by atoms with E-state index in [4.69, 9.17) is 11.6 Å². The number of benzene rings is 1. The third kappa shape index (κ3) is 3.40. The molecule has 1 aromatic carbocycles. The molecule has 0 spiro atoms. The maximum atomic E-state index is 5.88. The minimum absolute atomic E-state index is 0.683. The minimum atomic E-state index is 0.683. The molecular weight excluding hydrogens is 369 g/mol. The van der Waals surface area contributed by atoms with Gasteiger partial charge >= 0.3 is 0 Å². The molecule has 0 bridgehead atoms.